The fourth-order valence-electron chi connectivity index (χ4n) is 3.07. The van der Waals surface area contributed by atoms with E-state index < -0.39 is 7.12 Å². The van der Waals surface area contributed by atoms with Gasteiger partial charge < -0.3 is 14.8 Å². The minimum absolute atomic E-state index is 0.484. The Labute approximate surface area is 127 Å². The molecule has 0 aromatic heterocycles. The van der Waals surface area contributed by atoms with Gasteiger partial charge >= 0.3 is 7.12 Å². The first-order chi connectivity index (χ1) is 10.1. The molecule has 2 N–H and O–H groups in total. The van der Waals surface area contributed by atoms with Gasteiger partial charge in [-0.3, -0.25) is 4.90 Å². The molecular weight excluding hydrogens is 265 g/mol. The topological polar surface area (TPSA) is 52.9 Å². The van der Waals surface area contributed by atoms with E-state index in [9.17, 15) is 0 Å². The summed E-state index contributed by atoms with van der Waals surface area (Å²) in [6.45, 7) is 8.55. The summed E-state index contributed by atoms with van der Waals surface area (Å²) < 4.78 is 5.73. The number of hydrogen-bond donors (Lipinski definition) is 2. The monoisotopic (exact) mass is 291 g/mol. The fraction of sp³-hybridized carbons (Fsp3) is 0.625. The van der Waals surface area contributed by atoms with Crippen LogP contribution in [0.2, 0.25) is 0 Å². The summed E-state index contributed by atoms with van der Waals surface area (Å²) >= 11 is 0. The molecule has 21 heavy (non-hydrogen) atoms. The summed E-state index contributed by atoms with van der Waals surface area (Å²) in [4.78, 5) is 2.48. The quantitative estimate of drug-likeness (QED) is 0.743. The Hall–Kier alpha value is -1.04. The molecule has 0 spiro atoms. The van der Waals surface area contributed by atoms with E-state index in [2.05, 4.69) is 18.7 Å². The average molecular weight is 291 g/mol. The Morgan fingerprint density at radius 3 is 2.38 bits per heavy atom. The zero-order valence-corrected chi connectivity index (χ0v) is 13.1. The Bertz CT molecular complexity index is 432. The van der Waals surface area contributed by atoms with Crippen molar-refractivity contribution in [2.24, 2.45) is 5.41 Å². The van der Waals surface area contributed by atoms with Crippen LogP contribution in [-0.4, -0.2) is 48.3 Å². The lowest BCUT2D eigenvalue weighted by Gasteiger charge is -2.26. The van der Waals surface area contributed by atoms with Crippen LogP contribution in [0.25, 0.3) is 0 Å². The highest BCUT2D eigenvalue weighted by Crippen LogP contribution is 2.36. The Morgan fingerprint density at radius 1 is 1.19 bits per heavy atom. The zero-order chi connectivity index (χ0) is 15.3. The van der Waals surface area contributed by atoms with E-state index in [1.54, 1.807) is 24.3 Å². The van der Waals surface area contributed by atoms with E-state index in [1.165, 1.54) is 32.4 Å². The van der Waals surface area contributed by atoms with Crippen LogP contribution in [-0.2, 0) is 0 Å². The van der Waals surface area contributed by atoms with Gasteiger partial charge in [0.25, 0.3) is 0 Å². The molecule has 1 aromatic rings. The SMILES string of the molecule is CCC1(CC)CCN(CCOc2ccc(B(O)O)cc2)C1. The summed E-state index contributed by atoms with van der Waals surface area (Å²) in [5.41, 5.74) is 0.997. The predicted octanol–water partition coefficient (Wildman–Crippen LogP) is 1.26. The summed E-state index contributed by atoms with van der Waals surface area (Å²) in [5, 5.41) is 18.1. The standard InChI is InChI=1S/C16H26BNO3/c1-3-16(4-2)9-10-18(13-16)11-12-21-15-7-5-14(6-8-15)17(19)20/h5-8,19-20H,3-4,9-13H2,1-2H3. The van der Waals surface area contributed by atoms with Gasteiger partial charge in [-0.1, -0.05) is 26.0 Å². The van der Waals surface area contributed by atoms with Crippen LogP contribution in [0.15, 0.2) is 24.3 Å². The molecule has 0 unspecified atom stereocenters. The van der Waals surface area contributed by atoms with Crippen molar-refractivity contribution in [3.8, 4) is 5.75 Å². The Morgan fingerprint density at radius 2 is 1.86 bits per heavy atom. The van der Waals surface area contributed by atoms with E-state index in [1.807, 2.05) is 0 Å². The molecule has 0 saturated carbocycles. The van der Waals surface area contributed by atoms with Crippen LogP contribution in [0.3, 0.4) is 0 Å². The van der Waals surface area contributed by atoms with Gasteiger partial charge in [0.1, 0.15) is 12.4 Å². The maximum Gasteiger partial charge on any atom is 0.488 e. The van der Waals surface area contributed by atoms with E-state index >= 15 is 0 Å². The summed E-state index contributed by atoms with van der Waals surface area (Å²) in [7, 11) is -1.42. The Balaban J connectivity index is 1.75. The lowest BCUT2D eigenvalue weighted by molar-refractivity contribution is 0.204. The number of benzene rings is 1. The highest BCUT2D eigenvalue weighted by Gasteiger charge is 2.34. The minimum atomic E-state index is -1.42. The molecule has 0 radical (unpaired) electrons. The molecule has 1 fully saturated rings. The number of rotatable bonds is 7. The van der Waals surface area contributed by atoms with Crippen LogP contribution in [0.1, 0.15) is 33.1 Å². The first kappa shape index (κ1) is 16.3. The second-order valence-corrected chi connectivity index (χ2v) is 6.02. The highest BCUT2D eigenvalue weighted by atomic mass is 16.5. The van der Waals surface area contributed by atoms with Crippen LogP contribution in [0, 0.1) is 5.41 Å². The third kappa shape index (κ3) is 4.22. The molecule has 0 atom stereocenters. The van der Waals surface area contributed by atoms with Crippen LogP contribution < -0.4 is 10.2 Å². The third-order valence-electron chi connectivity index (χ3n) is 4.87. The normalized spacial score (nSPS) is 17.9. The van der Waals surface area contributed by atoms with Crippen LogP contribution in [0.4, 0.5) is 0 Å². The smallest absolute Gasteiger partial charge is 0.488 e. The second kappa shape index (κ2) is 7.30. The number of nitrogens with zero attached hydrogens (tertiary/aromatic N) is 1. The van der Waals surface area contributed by atoms with Gasteiger partial charge in [-0.25, -0.2) is 0 Å². The molecule has 1 saturated heterocycles. The van der Waals surface area contributed by atoms with Gasteiger partial charge in [-0.2, -0.15) is 0 Å². The largest absolute Gasteiger partial charge is 0.492 e. The predicted molar refractivity (Wildman–Crippen MR) is 85.8 cm³/mol. The Kier molecular flexibility index (Phi) is 5.68. The summed E-state index contributed by atoms with van der Waals surface area (Å²) in [5.74, 6) is 0.774. The molecule has 1 aliphatic rings. The summed E-state index contributed by atoms with van der Waals surface area (Å²) in [6, 6.07) is 6.91. The van der Waals surface area contributed by atoms with Crippen molar-refractivity contribution in [1.82, 2.24) is 4.90 Å². The molecule has 5 heteroatoms. The molecule has 1 aliphatic heterocycles. The lowest BCUT2D eigenvalue weighted by Crippen LogP contribution is -2.30. The van der Waals surface area contributed by atoms with E-state index in [0.29, 0.717) is 17.5 Å². The molecule has 2 rings (SSSR count). The number of likely N-dealkylation sites (tertiary alicyclic amines) is 1. The second-order valence-electron chi connectivity index (χ2n) is 6.02. The van der Waals surface area contributed by atoms with Crippen LogP contribution >= 0.6 is 0 Å². The van der Waals surface area contributed by atoms with Gasteiger partial charge in [0.2, 0.25) is 0 Å². The molecule has 116 valence electrons. The van der Waals surface area contributed by atoms with Gasteiger partial charge in [0.05, 0.1) is 0 Å². The molecule has 0 bridgehead atoms. The average Bonchev–Trinajstić information content (AvgIpc) is 2.92. The maximum atomic E-state index is 9.04. The van der Waals surface area contributed by atoms with Crippen molar-refractivity contribution >= 4 is 12.6 Å². The van der Waals surface area contributed by atoms with Gasteiger partial charge in [-0.05, 0) is 48.8 Å². The van der Waals surface area contributed by atoms with Gasteiger partial charge in [0, 0.05) is 13.1 Å². The first-order valence-electron chi connectivity index (χ1n) is 7.90. The van der Waals surface area contributed by atoms with Crippen molar-refractivity contribution in [3.63, 3.8) is 0 Å². The lowest BCUT2D eigenvalue weighted by atomic mass is 9.80. The molecule has 0 aliphatic carbocycles. The fourth-order valence-corrected chi connectivity index (χ4v) is 3.07. The zero-order valence-electron chi connectivity index (χ0n) is 13.1. The van der Waals surface area contributed by atoms with Crippen molar-refractivity contribution in [1.29, 1.82) is 0 Å². The molecule has 1 aromatic carbocycles. The number of ether oxygens (including phenoxy) is 1. The third-order valence-corrected chi connectivity index (χ3v) is 4.87. The van der Waals surface area contributed by atoms with Crippen molar-refractivity contribution < 1.29 is 14.8 Å². The van der Waals surface area contributed by atoms with Crippen LogP contribution in [0.5, 0.6) is 5.75 Å². The minimum Gasteiger partial charge on any atom is -0.492 e. The van der Waals surface area contributed by atoms with E-state index in [0.717, 1.165) is 12.3 Å². The molecule has 1 heterocycles. The maximum absolute atomic E-state index is 9.04. The number of hydrogen-bond acceptors (Lipinski definition) is 4. The van der Waals surface area contributed by atoms with Crippen molar-refractivity contribution in [3.05, 3.63) is 24.3 Å². The van der Waals surface area contributed by atoms with Gasteiger partial charge in [-0.15, -0.1) is 0 Å². The van der Waals surface area contributed by atoms with E-state index in [-0.39, 0.29) is 0 Å². The highest BCUT2D eigenvalue weighted by molar-refractivity contribution is 6.58. The van der Waals surface area contributed by atoms with Crippen molar-refractivity contribution in [2.75, 3.05) is 26.2 Å². The first-order valence-corrected chi connectivity index (χ1v) is 7.90. The molecular formula is C16H26BNO3. The molecule has 4 nitrogen and oxygen atoms in total. The van der Waals surface area contributed by atoms with Crippen molar-refractivity contribution in [2.45, 2.75) is 33.1 Å². The summed E-state index contributed by atoms with van der Waals surface area (Å²) in [6.07, 6.45) is 3.81. The molecule has 0 amide bonds. The van der Waals surface area contributed by atoms with Gasteiger partial charge in [0.15, 0.2) is 0 Å². The van der Waals surface area contributed by atoms with E-state index in [4.69, 9.17) is 14.8 Å².